The van der Waals surface area contributed by atoms with Crippen LogP contribution in [0.2, 0.25) is 0 Å². The molecule has 2 N–H and O–H groups in total. The third-order valence-corrected chi connectivity index (χ3v) is 3.03. The zero-order chi connectivity index (χ0) is 12.6. The van der Waals surface area contributed by atoms with E-state index in [2.05, 4.69) is 5.10 Å². The van der Waals surface area contributed by atoms with Crippen molar-refractivity contribution in [2.24, 2.45) is 12.8 Å². The first-order valence-electron chi connectivity index (χ1n) is 5.59. The molecule has 7 heteroatoms. The topological polar surface area (TPSA) is 96.2 Å². The first kappa shape index (κ1) is 11.8. The van der Waals surface area contributed by atoms with Gasteiger partial charge >= 0.3 is 5.69 Å². The third kappa shape index (κ3) is 2.23. The Labute approximate surface area is 98.7 Å². The van der Waals surface area contributed by atoms with Crippen LogP contribution in [0.3, 0.4) is 0 Å². The number of aromatic nitrogens is 2. The smallest absolute Gasteiger partial charge is 0.353 e. The van der Waals surface area contributed by atoms with E-state index < -0.39 is 4.92 Å². The van der Waals surface area contributed by atoms with Crippen LogP contribution in [0, 0.1) is 17.0 Å². The van der Waals surface area contributed by atoms with Crippen LogP contribution < -0.4 is 10.5 Å². The molecular formula is C10H16N4O3. The van der Waals surface area contributed by atoms with Gasteiger partial charge in [-0.05, 0) is 26.2 Å². The maximum Gasteiger partial charge on any atom is 0.353 e. The van der Waals surface area contributed by atoms with E-state index in [0.29, 0.717) is 5.69 Å². The van der Waals surface area contributed by atoms with Gasteiger partial charge in [-0.1, -0.05) is 0 Å². The SMILES string of the molecule is Cc1nn(C)c(OC2CCC(N)C2)c1[N+](=O)[O-]. The minimum atomic E-state index is -0.452. The van der Waals surface area contributed by atoms with Crippen LogP contribution in [0.4, 0.5) is 5.69 Å². The number of nitrogens with two attached hydrogens (primary N) is 1. The lowest BCUT2D eigenvalue weighted by Gasteiger charge is -2.12. The molecule has 7 nitrogen and oxygen atoms in total. The van der Waals surface area contributed by atoms with Gasteiger partial charge in [0.2, 0.25) is 0 Å². The number of hydrogen-bond acceptors (Lipinski definition) is 5. The zero-order valence-corrected chi connectivity index (χ0v) is 9.92. The van der Waals surface area contributed by atoms with Gasteiger partial charge in [0.15, 0.2) is 0 Å². The van der Waals surface area contributed by atoms with E-state index >= 15 is 0 Å². The van der Waals surface area contributed by atoms with E-state index in [-0.39, 0.29) is 23.7 Å². The van der Waals surface area contributed by atoms with Gasteiger partial charge in [0.25, 0.3) is 5.88 Å². The van der Waals surface area contributed by atoms with Crippen LogP contribution in [0.25, 0.3) is 0 Å². The van der Waals surface area contributed by atoms with E-state index in [0.717, 1.165) is 19.3 Å². The van der Waals surface area contributed by atoms with Gasteiger partial charge < -0.3 is 10.5 Å². The van der Waals surface area contributed by atoms with Gasteiger partial charge in [-0.15, -0.1) is 0 Å². The number of nitro groups is 1. The molecule has 0 radical (unpaired) electrons. The van der Waals surface area contributed by atoms with Gasteiger partial charge in [-0.2, -0.15) is 5.10 Å². The quantitative estimate of drug-likeness (QED) is 0.625. The van der Waals surface area contributed by atoms with Crippen LogP contribution >= 0.6 is 0 Å². The molecule has 1 aromatic heterocycles. The first-order chi connectivity index (χ1) is 7.99. The van der Waals surface area contributed by atoms with Crippen LogP contribution in [0.15, 0.2) is 0 Å². The summed E-state index contributed by atoms with van der Waals surface area (Å²) < 4.78 is 7.08. The van der Waals surface area contributed by atoms with E-state index in [9.17, 15) is 10.1 Å². The Morgan fingerprint density at radius 3 is 2.82 bits per heavy atom. The summed E-state index contributed by atoms with van der Waals surface area (Å²) in [5.74, 6) is 0.228. The Balaban J connectivity index is 2.23. The van der Waals surface area contributed by atoms with Crippen LogP contribution in [0.5, 0.6) is 5.88 Å². The standard InChI is InChI=1S/C10H16N4O3/c1-6-9(14(15)16)10(13(2)12-6)17-8-4-3-7(11)5-8/h7-8H,3-5,11H2,1-2H3. The van der Waals surface area contributed by atoms with Gasteiger partial charge in [0, 0.05) is 13.1 Å². The molecule has 0 aliphatic heterocycles. The zero-order valence-electron chi connectivity index (χ0n) is 9.92. The van der Waals surface area contributed by atoms with E-state index in [1.807, 2.05) is 0 Å². The average Bonchev–Trinajstić information content (AvgIpc) is 2.72. The Hall–Kier alpha value is -1.63. The van der Waals surface area contributed by atoms with Crippen LogP contribution in [-0.2, 0) is 7.05 Å². The highest BCUT2D eigenvalue weighted by Gasteiger charge is 2.30. The fraction of sp³-hybridized carbons (Fsp3) is 0.700. The maximum absolute atomic E-state index is 10.9. The molecule has 2 rings (SSSR count). The second kappa shape index (κ2) is 4.33. The van der Waals surface area contributed by atoms with Gasteiger partial charge in [-0.25, -0.2) is 4.68 Å². The summed E-state index contributed by atoms with van der Waals surface area (Å²) in [4.78, 5) is 10.5. The number of rotatable bonds is 3. The summed E-state index contributed by atoms with van der Waals surface area (Å²) in [6, 6.07) is 0.133. The van der Waals surface area contributed by atoms with Gasteiger partial charge in [-0.3, -0.25) is 10.1 Å². The predicted octanol–water partition coefficient (Wildman–Crippen LogP) is 0.895. The van der Waals surface area contributed by atoms with Crippen molar-refractivity contribution in [1.29, 1.82) is 0 Å². The summed E-state index contributed by atoms with van der Waals surface area (Å²) in [7, 11) is 1.64. The Bertz CT molecular complexity index is 443. The molecule has 1 aliphatic carbocycles. The van der Waals surface area contributed by atoms with Crippen molar-refractivity contribution >= 4 is 5.69 Å². The average molecular weight is 240 g/mol. The lowest BCUT2D eigenvalue weighted by molar-refractivity contribution is -0.386. The first-order valence-corrected chi connectivity index (χ1v) is 5.59. The van der Waals surface area contributed by atoms with Crippen molar-refractivity contribution in [3.63, 3.8) is 0 Å². The molecule has 1 aliphatic rings. The minimum absolute atomic E-state index is 0.0431. The summed E-state index contributed by atoms with van der Waals surface area (Å²) in [6.45, 7) is 1.60. The summed E-state index contributed by atoms with van der Waals surface area (Å²) in [5.41, 5.74) is 6.11. The highest BCUT2D eigenvalue weighted by Crippen LogP contribution is 2.33. The lowest BCUT2D eigenvalue weighted by atomic mass is 10.3. The molecule has 0 amide bonds. The monoisotopic (exact) mass is 240 g/mol. The maximum atomic E-state index is 10.9. The molecule has 2 atom stereocenters. The number of hydrogen-bond donors (Lipinski definition) is 1. The molecule has 0 aromatic carbocycles. The molecule has 2 unspecified atom stereocenters. The molecule has 1 fully saturated rings. The van der Waals surface area contributed by atoms with Crippen molar-refractivity contribution in [2.75, 3.05) is 0 Å². The fourth-order valence-electron chi connectivity index (χ4n) is 2.21. The molecule has 0 bridgehead atoms. The lowest BCUT2D eigenvalue weighted by Crippen LogP contribution is -2.20. The normalized spacial score (nSPS) is 23.9. The molecule has 0 spiro atoms. The van der Waals surface area contributed by atoms with Crippen molar-refractivity contribution in [2.45, 2.75) is 38.3 Å². The Kier molecular flexibility index (Phi) is 3.01. The molecule has 1 heterocycles. The van der Waals surface area contributed by atoms with Crippen LogP contribution in [-0.4, -0.2) is 26.8 Å². The number of nitrogens with zero attached hydrogens (tertiary/aromatic N) is 3. The largest absolute Gasteiger partial charge is 0.470 e. The highest BCUT2D eigenvalue weighted by atomic mass is 16.6. The number of aryl methyl sites for hydroxylation is 2. The summed E-state index contributed by atoms with van der Waals surface area (Å²) in [5, 5.41) is 15.0. The van der Waals surface area contributed by atoms with Gasteiger partial charge in [0.05, 0.1) is 4.92 Å². The highest BCUT2D eigenvalue weighted by molar-refractivity contribution is 5.45. The van der Waals surface area contributed by atoms with Crippen molar-refractivity contribution in [1.82, 2.24) is 9.78 Å². The fourth-order valence-corrected chi connectivity index (χ4v) is 2.21. The second-order valence-corrected chi connectivity index (χ2v) is 4.43. The van der Waals surface area contributed by atoms with Crippen LogP contribution in [0.1, 0.15) is 25.0 Å². The minimum Gasteiger partial charge on any atom is -0.470 e. The molecular weight excluding hydrogens is 224 g/mol. The summed E-state index contributed by atoms with van der Waals surface area (Å²) >= 11 is 0. The molecule has 1 saturated carbocycles. The summed E-state index contributed by atoms with van der Waals surface area (Å²) in [6.07, 6.45) is 2.43. The number of ether oxygens (including phenoxy) is 1. The van der Waals surface area contributed by atoms with Crippen molar-refractivity contribution in [3.05, 3.63) is 15.8 Å². The Morgan fingerprint density at radius 2 is 2.29 bits per heavy atom. The molecule has 17 heavy (non-hydrogen) atoms. The second-order valence-electron chi connectivity index (χ2n) is 4.43. The molecule has 94 valence electrons. The van der Waals surface area contributed by atoms with E-state index in [4.69, 9.17) is 10.5 Å². The predicted molar refractivity (Wildman–Crippen MR) is 60.8 cm³/mol. The van der Waals surface area contributed by atoms with E-state index in [1.165, 1.54) is 4.68 Å². The van der Waals surface area contributed by atoms with E-state index in [1.54, 1.807) is 14.0 Å². The van der Waals surface area contributed by atoms with Gasteiger partial charge in [0.1, 0.15) is 11.8 Å². The third-order valence-electron chi connectivity index (χ3n) is 3.03. The molecule has 0 saturated heterocycles. The van der Waals surface area contributed by atoms with Crippen molar-refractivity contribution < 1.29 is 9.66 Å². The Morgan fingerprint density at radius 1 is 1.59 bits per heavy atom. The molecule has 1 aromatic rings. The van der Waals surface area contributed by atoms with Crippen molar-refractivity contribution in [3.8, 4) is 5.88 Å².